The summed E-state index contributed by atoms with van der Waals surface area (Å²) in [5.74, 6) is 3.77. The zero-order valence-electron chi connectivity index (χ0n) is 36.6. The highest BCUT2D eigenvalue weighted by molar-refractivity contribution is 9.10. The van der Waals surface area contributed by atoms with Crippen LogP contribution in [0.25, 0.3) is 24.3 Å². The van der Waals surface area contributed by atoms with Gasteiger partial charge in [0.15, 0.2) is 0 Å². The van der Waals surface area contributed by atoms with Crippen LogP contribution in [0.5, 0.6) is 23.0 Å². The van der Waals surface area contributed by atoms with Gasteiger partial charge in [-0.3, -0.25) is 0 Å². The van der Waals surface area contributed by atoms with Crippen LogP contribution in [0.3, 0.4) is 0 Å². The Labute approximate surface area is 386 Å². The van der Waals surface area contributed by atoms with Crippen molar-refractivity contribution >= 4 is 56.2 Å². The maximum atomic E-state index is 6.81. The van der Waals surface area contributed by atoms with E-state index in [0.29, 0.717) is 52.1 Å². The van der Waals surface area contributed by atoms with Crippen LogP contribution in [0.1, 0.15) is 120 Å². The van der Waals surface area contributed by atoms with Gasteiger partial charge in [0, 0.05) is 34.6 Å². The van der Waals surface area contributed by atoms with E-state index < -0.39 is 0 Å². The quantitative estimate of drug-likeness (QED) is 0.0905. The summed E-state index contributed by atoms with van der Waals surface area (Å²) in [5.41, 5.74) is 13.6. The summed E-state index contributed by atoms with van der Waals surface area (Å²) >= 11 is 7.51. The largest absolute Gasteiger partial charge is 0.493 e. The lowest BCUT2D eigenvalue weighted by molar-refractivity contribution is 0.304. The maximum Gasteiger partial charge on any atom is 0.126 e. The summed E-state index contributed by atoms with van der Waals surface area (Å²) in [6.07, 6.45) is 15.0. The average molecular weight is 955 g/mol. The van der Waals surface area contributed by atoms with Gasteiger partial charge in [0.2, 0.25) is 0 Å². The van der Waals surface area contributed by atoms with E-state index in [4.69, 9.17) is 18.9 Å². The number of halogens is 2. The molecular weight excluding hydrogens is 896 g/mol. The zero-order chi connectivity index (χ0) is 43.3. The number of rotatable bonds is 16. The van der Waals surface area contributed by atoms with Crippen molar-refractivity contribution in [3.05, 3.63) is 185 Å². The molecule has 0 heterocycles. The van der Waals surface area contributed by atoms with Gasteiger partial charge in [-0.25, -0.2) is 0 Å². The second-order valence-electron chi connectivity index (χ2n) is 16.0. The summed E-state index contributed by atoms with van der Waals surface area (Å²) in [5, 5.41) is 0. The molecule has 62 heavy (non-hydrogen) atoms. The zero-order valence-corrected chi connectivity index (χ0v) is 39.7. The molecule has 0 spiro atoms. The summed E-state index contributed by atoms with van der Waals surface area (Å²) < 4.78 is 29.3. The third-order valence-electron chi connectivity index (χ3n) is 10.9. The van der Waals surface area contributed by atoms with Gasteiger partial charge in [0.05, 0.1) is 26.4 Å². The molecule has 0 amide bonds. The lowest BCUT2D eigenvalue weighted by atomic mass is 9.89. The van der Waals surface area contributed by atoms with Crippen molar-refractivity contribution in [2.45, 2.75) is 79.1 Å². The molecule has 7 rings (SSSR count). The molecule has 0 fully saturated rings. The molecule has 0 unspecified atom stereocenters. The number of benzene rings is 6. The van der Waals surface area contributed by atoms with Gasteiger partial charge in [-0.2, -0.15) is 0 Å². The second-order valence-corrected chi connectivity index (χ2v) is 17.7. The first kappa shape index (κ1) is 45.0. The Kier molecular flexibility index (Phi) is 16.2. The topological polar surface area (TPSA) is 36.9 Å². The number of hydrogen-bond donors (Lipinski definition) is 0. The Bertz CT molecular complexity index is 2250. The van der Waals surface area contributed by atoms with Gasteiger partial charge in [-0.1, -0.05) is 157 Å². The molecule has 6 aromatic carbocycles. The molecule has 0 N–H and O–H groups in total. The van der Waals surface area contributed by atoms with E-state index >= 15 is 0 Å². The van der Waals surface area contributed by atoms with Crippen molar-refractivity contribution in [2.24, 2.45) is 0 Å². The smallest absolute Gasteiger partial charge is 0.126 e. The lowest BCUT2D eigenvalue weighted by Crippen LogP contribution is -2.10. The predicted molar refractivity (Wildman–Crippen MR) is 266 cm³/mol. The Balaban J connectivity index is 1.48. The van der Waals surface area contributed by atoms with Crippen molar-refractivity contribution in [1.29, 1.82) is 0 Å². The monoisotopic (exact) mass is 952 g/mol. The fraction of sp³-hybridized carbons (Fsp3) is 0.286. The fourth-order valence-electron chi connectivity index (χ4n) is 8.08. The Hall–Kier alpha value is -5.04. The summed E-state index contributed by atoms with van der Waals surface area (Å²) in [7, 11) is 0. The van der Waals surface area contributed by atoms with Crippen LogP contribution in [0.15, 0.2) is 118 Å². The highest BCUT2D eigenvalue weighted by Crippen LogP contribution is 2.40. The molecule has 0 aliphatic heterocycles. The van der Waals surface area contributed by atoms with Crippen LogP contribution < -0.4 is 18.9 Å². The highest BCUT2D eigenvalue weighted by Gasteiger charge is 2.23. The van der Waals surface area contributed by atoms with E-state index in [0.717, 1.165) is 124 Å². The maximum absolute atomic E-state index is 6.81. The van der Waals surface area contributed by atoms with E-state index in [1.54, 1.807) is 0 Å². The van der Waals surface area contributed by atoms with Gasteiger partial charge >= 0.3 is 0 Å². The van der Waals surface area contributed by atoms with Crippen LogP contribution in [-0.2, 0) is 25.7 Å². The molecule has 6 heteroatoms. The number of hydrogen-bond acceptors (Lipinski definition) is 4. The standard InChI is InChI=1S/C56H58Br2O4/c1-5-27-59-53-43-17-13-18-44(53)36-48-32-40(24-26-42-16-10-12-22-52(42)58)34-50(56(48)62-30-8-4)38-46-20-14-19-45(54(46)60-28-6-2)37-49-33-39(23-25-41-15-9-11-21-51(41)57)31-47(35-43)55(49)61-29-7-3/h9-26,31-34H,5-8,27-30,35-38H2,1-4H3/b25-23+,26-24+. The number of ether oxygens (including phenoxy) is 4. The van der Waals surface area contributed by atoms with Gasteiger partial charge in [-0.05, 0) is 129 Å². The molecule has 320 valence electrons. The van der Waals surface area contributed by atoms with E-state index in [-0.39, 0.29) is 0 Å². The molecule has 0 atom stereocenters. The molecule has 4 nitrogen and oxygen atoms in total. The molecule has 1 aliphatic rings. The Morgan fingerprint density at radius 3 is 0.952 bits per heavy atom. The van der Waals surface area contributed by atoms with Gasteiger partial charge in [-0.15, -0.1) is 0 Å². The average Bonchev–Trinajstić information content (AvgIpc) is 3.27. The van der Waals surface area contributed by atoms with E-state index in [1.165, 1.54) is 0 Å². The SMILES string of the molecule is CCCOc1c2cccc1Cc1cc(/C=C/c3ccccc3Br)cc(c1OCCC)Cc1cccc(c1OCCC)Cc1cc(/C=C/c3ccccc3Br)cc(c1OCCC)C2. The number of para-hydroxylation sites is 2. The summed E-state index contributed by atoms with van der Waals surface area (Å²) in [4.78, 5) is 0. The molecule has 8 bridgehead atoms. The molecule has 0 saturated heterocycles. The molecular formula is C56H58Br2O4. The summed E-state index contributed by atoms with van der Waals surface area (Å²) in [6, 6.07) is 39.1. The molecule has 6 aromatic rings. The lowest BCUT2D eigenvalue weighted by Gasteiger charge is -2.23. The molecule has 0 saturated carbocycles. The third-order valence-corrected chi connectivity index (χ3v) is 12.4. The van der Waals surface area contributed by atoms with Crippen LogP contribution in [-0.4, -0.2) is 26.4 Å². The fourth-order valence-corrected chi connectivity index (χ4v) is 8.92. The van der Waals surface area contributed by atoms with Crippen LogP contribution in [0.2, 0.25) is 0 Å². The molecule has 0 radical (unpaired) electrons. The third kappa shape index (κ3) is 11.3. The van der Waals surface area contributed by atoms with Crippen molar-refractivity contribution in [3.63, 3.8) is 0 Å². The van der Waals surface area contributed by atoms with Crippen LogP contribution >= 0.6 is 31.9 Å². The Morgan fingerprint density at radius 2 is 0.661 bits per heavy atom. The van der Waals surface area contributed by atoms with Gasteiger partial charge in [0.1, 0.15) is 23.0 Å². The highest BCUT2D eigenvalue weighted by atomic mass is 79.9. The van der Waals surface area contributed by atoms with Gasteiger partial charge in [0.25, 0.3) is 0 Å². The van der Waals surface area contributed by atoms with E-state index in [9.17, 15) is 0 Å². The Morgan fingerprint density at radius 1 is 0.371 bits per heavy atom. The molecule has 0 aromatic heterocycles. The van der Waals surface area contributed by atoms with E-state index in [1.807, 2.05) is 12.1 Å². The first-order valence-corrected chi connectivity index (χ1v) is 23.9. The van der Waals surface area contributed by atoms with Gasteiger partial charge < -0.3 is 18.9 Å². The minimum Gasteiger partial charge on any atom is -0.493 e. The van der Waals surface area contributed by atoms with Crippen molar-refractivity contribution in [3.8, 4) is 23.0 Å². The normalized spacial score (nSPS) is 12.5. The summed E-state index contributed by atoms with van der Waals surface area (Å²) in [6.45, 7) is 11.2. The minimum atomic E-state index is 0.623. The van der Waals surface area contributed by atoms with Crippen LogP contribution in [0, 0.1) is 0 Å². The molecule has 1 aliphatic carbocycles. The van der Waals surface area contributed by atoms with E-state index in [2.05, 4.69) is 181 Å². The van der Waals surface area contributed by atoms with Crippen molar-refractivity contribution < 1.29 is 18.9 Å². The first-order valence-electron chi connectivity index (χ1n) is 22.3. The number of fused-ring (bicyclic) bond motifs is 8. The predicted octanol–water partition coefficient (Wildman–Crippen LogP) is 15.4. The minimum absolute atomic E-state index is 0.623. The van der Waals surface area contributed by atoms with Crippen LogP contribution in [0.4, 0.5) is 0 Å². The van der Waals surface area contributed by atoms with Crippen molar-refractivity contribution in [2.75, 3.05) is 26.4 Å². The first-order chi connectivity index (χ1) is 30.4. The van der Waals surface area contributed by atoms with Crippen molar-refractivity contribution in [1.82, 2.24) is 0 Å². The second kappa shape index (κ2) is 22.4.